The highest BCUT2D eigenvalue weighted by Gasteiger charge is 2.16. The van der Waals surface area contributed by atoms with E-state index in [9.17, 15) is 14.0 Å². The average Bonchev–Trinajstić information content (AvgIpc) is 2.87. The van der Waals surface area contributed by atoms with E-state index < -0.39 is 6.03 Å². The molecule has 0 radical (unpaired) electrons. The average molecular weight is 319 g/mol. The molecule has 1 aromatic heterocycles. The third kappa shape index (κ3) is 4.06. The number of hydrogen-bond acceptors (Lipinski definition) is 3. The molecule has 1 aromatic carbocycles. The molecule has 0 saturated heterocycles. The standard InChI is InChI=1S/C15H18FN5O2/c1-9(20-14(22)8-18-15(17)23)13-7-19-21(10(13)2)12-5-3-4-11(16)6-12/h3-7,9H,8H2,1-2H3,(H,20,22)(H3,17,18,23). The summed E-state index contributed by atoms with van der Waals surface area (Å²) < 4.78 is 14.9. The van der Waals surface area contributed by atoms with Crippen molar-refractivity contribution in [3.05, 3.63) is 47.5 Å². The summed E-state index contributed by atoms with van der Waals surface area (Å²) in [5.41, 5.74) is 7.09. The van der Waals surface area contributed by atoms with Crippen LogP contribution in [0, 0.1) is 12.7 Å². The van der Waals surface area contributed by atoms with Crippen molar-refractivity contribution in [3.63, 3.8) is 0 Å². The van der Waals surface area contributed by atoms with Gasteiger partial charge in [0, 0.05) is 11.3 Å². The van der Waals surface area contributed by atoms with Crippen LogP contribution < -0.4 is 16.4 Å². The van der Waals surface area contributed by atoms with Crippen LogP contribution in [0.4, 0.5) is 9.18 Å². The molecule has 122 valence electrons. The van der Waals surface area contributed by atoms with Gasteiger partial charge in [-0.05, 0) is 32.0 Å². The van der Waals surface area contributed by atoms with Crippen LogP contribution in [0.2, 0.25) is 0 Å². The maximum Gasteiger partial charge on any atom is 0.312 e. The van der Waals surface area contributed by atoms with Gasteiger partial charge < -0.3 is 16.4 Å². The van der Waals surface area contributed by atoms with Crippen molar-refractivity contribution in [2.75, 3.05) is 6.54 Å². The Morgan fingerprint density at radius 2 is 2.17 bits per heavy atom. The van der Waals surface area contributed by atoms with Gasteiger partial charge in [0.05, 0.1) is 24.5 Å². The van der Waals surface area contributed by atoms with Gasteiger partial charge in [-0.1, -0.05) is 6.07 Å². The molecule has 4 N–H and O–H groups in total. The van der Waals surface area contributed by atoms with E-state index in [-0.39, 0.29) is 24.3 Å². The van der Waals surface area contributed by atoms with Crippen LogP contribution in [0.15, 0.2) is 30.5 Å². The first-order chi connectivity index (χ1) is 10.9. The summed E-state index contributed by atoms with van der Waals surface area (Å²) in [6, 6.07) is 5.00. The van der Waals surface area contributed by atoms with Crippen LogP contribution in [0.25, 0.3) is 5.69 Å². The Bertz CT molecular complexity index is 728. The lowest BCUT2D eigenvalue weighted by Gasteiger charge is -2.14. The second-order valence-electron chi connectivity index (χ2n) is 5.08. The molecule has 0 bridgehead atoms. The minimum atomic E-state index is -0.761. The third-order valence-corrected chi connectivity index (χ3v) is 3.37. The molecule has 1 heterocycles. The molecule has 1 atom stereocenters. The van der Waals surface area contributed by atoms with E-state index in [0.717, 1.165) is 11.3 Å². The summed E-state index contributed by atoms with van der Waals surface area (Å²) in [6.07, 6.45) is 1.62. The number of rotatable bonds is 5. The number of nitrogens with one attached hydrogen (secondary N) is 2. The van der Waals surface area contributed by atoms with E-state index >= 15 is 0 Å². The van der Waals surface area contributed by atoms with Gasteiger partial charge in [-0.3, -0.25) is 4.79 Å². The zero-order chi connectivity index (χ0) is 17.0. The quantitative estimate of drug-likeness (QED) is 0.770. The summed E-state index contributed by atoms with van der Waals surface area (Å²) in [4.78, 5) is 22.3. The Hall–Kier alpha value is -2.90. The number of nitrogens with two attached hydrogens (primary N) is 1. The number of hydrogen-bond donors (Lipinski definition) is 3. The first-order valence-electron chi connectivity index (χ1n) is 7.01. The zero-order valence-electron chi connectivity index (χ0n) is 12.8. The Morgan fingerprint density at radius 3 is 2.83 bits per heavy atom. The molecule has 0 aliphatic carbocycles. The van der Waals surface area contributed by atoms with E-state index in [1.807, 2.05) is 6.92 Å². The van der Waals surface area contributed by atoms with Crippen LogP contribution in [0.1, 0.15) is 24.2 Å². The summed E-state index contributed by atoms with van der Waals surface area (Å²) in [6.45, 7) is 3.43. The highest BCUT2D eigenvalue weighted by atomic mass is 19.1. The zero-order valence-corrected chi connectivity index (χ0v) is 12.8. The molecule has 0 saturated carbocycles. The van der Waals surface area contributed by atoms with Crippen molar-refractivity contribution >= 4 is 11.9 Å². The van der Waals surface area contributed by atoms with Crippen molar-refractivity contribution < 1.29 is 14.0 Å². The van der Waals surface area contributed by atoms with Gasteiger partial charge in [0.2, 0.25) is 5.91 Å². The van der Waals surface area contributed by atoms with Crippen molar-refractivity contribution in [2.24, 2.45) is 5.73 Å². The molecule has 2 aromatic rings. The topological polar surface area (TPSA) is 102 Å². The molecule has 0 spiro atoms. The van der Waals surface area contributed by atoms with Gasteiger partial charge in [-0.2, -0.15) is 5.10 Å². The number of carbonyl (C=O) groups excluding carboxylic acids is 2. The Labute approximate surface area is 132 Å². The Morgan fingerprint density at radius 1 is 1.43 bits per heavy atom. The van der Waals surface area contributed by atoms with Crippen LogP contribution >= 0.6 is 0 Å². The van der Waals surface area contributed by atoms with Crippen molar-refractivity contribution in [1.82, 2.24) is 20.4 Å². The number of aromatic nitrogens is 2. The first kappa shape index (κ1) is 16.5. The Kier molecular flexibility index (Phi) is 4.95. The number of urea groups is 1. The number of nitrogens with zero attached hydrogens (tertiary/aromatic N) is 2. The van der Waals surface area contributed by atoms with E-state index in [4.69, 9.17) is 5.73 Å². The molecule has 2 rings (SSSR count). The summed E-state index contributed by atoms with van der Waals surface area (Å²) >= 11 is 0. The lowest BCUT2D eigenvalue weighted by atomic mass is 10.1. The third-order valence-electron chi connectivity index (χ3n) is 3.37. The molecule has 3 amide bonds. The van der Waals surface area contributed by atoms with Crippen molar-refractivity contribution in [2.45, 2.75) is 19.9 Å². The van der Waals surface area contributed by atoms with Crippen LogP contribution in [-0.2, 0) is 4.79 Å². The minimum Gasteiger partial charge on any atom is -0.352 e. The molecule has 8 heteroatoms. The lowest BCUT2D eigenvalue weighted by molar-refractivity contribution is -0.120. The van der Waals surface area contributed by atoms with Crippen LogP contribution in [0.3, 0.4) is 0 Å². The van der Waals surface area contributed by atoms with E-state index in [2.05, 4.69) is 15.7 Å². The second kappa shape index (κ2) is 6.91. The van der Waals surface area contributed by atoms with E-state index in [1.165, 1.54) is 12.1 Å². The number of amides is 3. The molecule has 23 heavy (non-hydrogen) atoms. The number of benzene rings is 1. The van der Waals surface area contributed by atoms with Crippen LogP contribution in [-0.4, -0.2) is 28.3 Å². The van der Waals surface area contributed by atoms with E-state index in [0.29, 0.717) is 5.69 Å². The minimum absolute atomic E-state index is 0.198. The van der Waals surface area contributed by atoms with Crippen molar-refractivity contribution in [3.8, 4) is 5.69 Å². The smallest absolute Gasteiger partial charge is 0.312 e. The molecule has 0 fully saturated rings. The highest BCUT2D eigenvalue weighted by molar-refractivity contribution is 5.83. The SMILES string of the molecule is Cc1c(C(C)NC(=O)CNC(N)=O)cnn1-c1cccc(F)c1. The van der Waals surface area contributed by atoms with Crippen molar-refractivity contribution in [1.29, 1.82) is 0 Å². The van der Waals surface area contributed by atoms with Gasteiger partial charge in [0.1, 0.15) is 5.82 Å². The summed E-state index contributed by atoms with van der Waals surface area (Å²) in [5.74, 6) is -0.716. The summed E-state index contributed by atoms with van der Waals surface area (Å²) in [7, 11) is 0. The monoisotopic (exact) mass is 319 g/mol. The highest BCUT2D eigenvalue weighted by Crippen LogP contribution is 2.20. The largest absolute Gasteiger partial charge is 0.352 e. The fraction of sp³-hybridized carbons (Fsp3) is 0.267. The molecule has 7 nitrogen and oxygen atoms in total. The normalized spacial score (nSPS) is 11.8. The van der Waals surface area contributed by atoms with Gasteiger partial charge in [0.25, 0.3) is 0 Å². The maximum absolute atomic E-state index is 13.3. The van der Waals surface area contributed by atoms with Gasteiger partial charge >= 0.3 is 6.03 Å². The second-order valence-corrected chi connectivity index (χ2v) is 5.08. The first-order valence-corrected chi connectivity index (χ1v) is 7.01. The van der Waals surface area contributed by atoms with E-state index in [1.54, 1.807) is 29.9 Å². The van der Waals surface area contributed by atoms with Gasteiger partial charge in [0.15, 0.2) is 0 Å². The van der Waals surface area contributed by atoms with Crippen LogP contribution in [0.5, 0.6) is 0 Å². The summed E-state index contributed by atoms with van der Waals surface area (Å²) in [5, 5.41) is 9.19. The number of carbonyl (C=O) groups is 2. The Balaban J connectivity index is 2.12. The predicted octanol–water partition coefficient (Wildman–Crippen LogP) is 1.17. The lowest BCUT2D eigenvalue weighted by Crippen LogP contribution is -2.40. The number of primary amides is 1. The molecule has 0 aliphatic rings. The van der Waals surface area contributed by atoms with Gasteiger partial charge in [-0.15, -0.1) is 0 Å². The molecule has 1 unspecified atom stereocenters. The number of halogens is 1. The molecular formula is C15H18FN5O2. The maximum atomic E-state index is 13.3. The molecule has 0 aliphatic heterocycles. The van der Waals surface area contributed by atoms with Gasteiger partial charge in [-0.25, -0.2) is 13.9 Å². The predicted molar refractivity (Wildman–Crippen MR) is 82.4 cm³/mol. The fourth-order valence-electron chi connectivity index (χ4n) is 2.25. The fourth-order valence-corrected chi connectivity index (χ4v) is 2.25. The molecular weight excluding hydrogens is 301 g/mol.